The summed E-state index contributed by atoms with van der Waals surface area (Å²) in [5.74, 6) is 1.05. The average molecular weight is 125 g/mol. The highest BCUT2D eigenvalue weighted by molar-refractivity contribution is 5.02. The van der Waals surface area contributed by atoms with Crippen molar-refractivity contribution < 1.29 is 0 Å². The van der Waals surface area contributed by atoms with Crippen molar-refractivity contribution in [3.63, 3.8) is 0 Å². The lowest BCUT2D eigenvalue weighted by Gasteiger charge is -2.25. The Morgan fingerprint density at radius 2 is 2.33 bits per heavy atom. The molecule has 1 nitrogen and oxygen atoms in total. The van der Waals surface area contributed by atoms with E-state index in [1.807, 2.05) is 0 Å². The van der Waals surface area contributed by atoms with E-state index in [1.165, 1.54) is 25.9 Å². The van der Waals surface area contributed by atoms with Crippen molar-refractivity contribution in [3.8, 4) is 0 Å². The monoisotopic (exact) mass is 125 g/mol. The molecule has 0 aromatic rings. The van der Waals surface area contributed by atoms with Crippen LogP contribution in [0.4, 0.5) is 0 Å². The van der Waals surface area contributed by atoms with E-state index in [0.717, 1.165) is 11.3 Å². The molecule has 9 heavy (non-hydrogen) atoms. The second-order valence-corrected chi connectivity index (χ2v) is 4.07. The van der Waals surface area contributed by atoms with Crippen LogP contribution in [-0.2, 0) is 0 Å². The van der Waals surface area contributed by atoms with Crippen LogP contribution in [0.5, 0.6) is 0 Å². The number of hydrogen-bond donors (Lipinski definition) is 0. The van der Waals surface area contributed by atoms with Crippen LogP contribution < -0.4 is 0 Å². The van der Waals surface area contributed by atoms with Gasteiger partial charge in [0.2, 0.25) is 0 Å². The molecule has 1 saturated heterocycles. The molecule has 2 fully saturated rings. The highest BCUT2D eigenvalue weighted by atomic mass is 15.1. The lowest BCUT2D eigenvalue weighted by molar-refractivity contribution is 0.222. The molecule has 52 valence electrons. The summed E-state index contributed by atoms with van der Waals surface area (Å²) in [4.78, 5) is 2.46. The Morgan fingerprint density at radius 3 is 2.89 bits per heavy atom. The molecule has 2 rings (SSSR count). The minimum absolute atomic E-state index is 0.784. The Balaban J connectivity index is 2.01. The van der Waals surface area contributed by atoms with E-state index < -0.39 is 0 Å². The van der Waals surface area contributed by atoms with Crippen molar-refractivity contribution in [2.24, 2.45) is 11.3 Å². The zero-order chi connectivity index (χ0) is 6.48. The highest BCUT2D eigenvalue weighted by Gasteiger charge is 2.51. The van der Waals surface area contributed by atoms with Crippen LogP contribution in [0.25, 0.3) is 0 Å². The van der Waals surface area contributed by atoms with Crippen molar-refractivity contribution in [1.29, 1.82) is 0 Å². The zero-order valence-corrected chi connectivity index (χ0v) is 6.35. The molecule has 0 aromatic carbocycles. The maximum absolute atomic E-state index is 2.46. The maximum Gasteiger partial charge on any atom is 0.00120 e. The van der Waals surface area contributed by atoms with Crippen molar-refractivity contribution in [3.05, 3.63) is 0 Å². The van der Waals surface area contributed by atoms with Crippen molar-refractivity contribution >= 4 is 0 Å². The maximum atomic E-state index is 2.46. The highest BCUT2D eigenvalue weighted by Crippen LogP contribution is 2.56. The van der Waals surface area contributed by atoms with Gasteiger partial charge < -0.3 is 4.90 Å². The van der Waals surface area contributed by atoms with E-state index in [2.05, 4.69) is 18.9 Å². The summed E-state index contributed by atoms with van der Waals surface area (Å²) in [7, 11) is 2.23. The number of hydrogen-bond acceptors (Lipinski definition) is 1. The molecule has 0 radical (unpaired) electrons. The van der Waals surface area contributed by atoms with Gasteiger partial charge in [-0.25, -0.2) is 0 Å². The Labute approximate surface area is 57.0 Å². The van der Waals surface area contributed by atoms with Crippen molar-refractivity contribution in [2.75, 3.05) is 20.1 Å². The second kappa shape index (κ2) is 1.51. The van der Waals surface area contributed by atoms with E-state index in [0.29, 0.717) is 0 Å². The summed E-state index contributed by atoms with van der Waals surface area (Å²) in [5.41, 5.74) is 0.784. The molecular weight excluding hydrogens is 110 g/mol. The SMILES string of the molecule is CN1CCC2(C)C[C@H]2C1. The smallest absolute Gasteiger partial charge is 0.00120 e. The fourth-order valence-corrected chi connectivity index (χ4v) is 2.01. The number of rotatable bonds is 0. The number of likely N-dealkylation sites (tertiary alicyclic amines) is 1. The van der Waals surface area contributed by atoms with Gasteiger partial charge in [0.05, 0.1) is 0 Å². The standard InChI is InChI=1S/C8H15N/c1-8-3-4-9(2)6-7(8)5-8/h7H,3-6H2,1-2H3/t7-,8?/m0/s1. The summed E-state index contributed by atoms with van der Waals surface area (Å²) in [6.07, 6.45) is 2.94. The van der Waals surface area contributed by atoms with Crippen LogP contribution in [0, 0.1) is 11.3 Å². The molecule has 1 heteroatoms. The van der Waals surface area contributed by atoms with E-state index in [1.54, 1.807) is 0 Å². The molecular formula is C8H15N. The molecule has 2 atom stereocenters. The number of piperidine rings is 1. The lowest BCUT2D eigenvalue weighted by atomic mass is 9.98. The van der Waals surface area contributed by atoms with Gasteiger partial charge in [-0.05, 0) is 37.8 Å². The molecule has 1 unspecified atom stereocenters. The molecule has 1 aliphatic heterocycles. The van der Waals surface area contributed by atoms with Crippen LogP contribution >= 0.6 is 0 Å². The van der Waals surface area contributed by atoms with E-state index in [-0.39, 0.29) is 0 Å². The van der Waals surface area contributed by atoms with Crippen LogP contribution in [-0.4, -0.2) is 25.0 Å². The van der Waals surface area contributed by atoms with Crippen LogP contribution in [0.15, 0.2) is 0 Å². The van der Waals surface area contributed by atoms with Crippen molar-refractivity contribution in [2.45, 2.75) is 19.8 Å². The molecule has 0 spiro atoms. The lowest BCUT2D eigenvalue weighted by Crippen LogP contribution is -2.30. The first-order chi connectivity index (χ1) is 4.21. The summed E-state index contributed by atoms with van der Waals surface area (Å²) < 4.78 is 0. The average Bonchev–Trinajstić information content (AvgIpc) is 2.41. The van der Waals surface area contributed by atoms with Gasteiger partial charge in [-0.1, -0.05) is 6.92 Å². The third-order valence-electron chi connectivity index (χ3n) is 3.13. The van der Waals surface area contributed by atoms with Gasteiger partial charge in [-0.3, -0.25) is 0 Å². The minimum atomic E-state index is 0.784. The van der Waals surface area contributed by atoms with Crippen LogP contribution in [0.3, 0.4) is 0 Å². The van der Waals surface area contributed by atoms with Gasteiger partial charge in [0.25, 0.3) is 0 Å². The zero-order valence-electron chi connectivity index (χ0n) is 6.35. The summed E-state index contributed by atoms with van der Waals surface area (Å²) in [6.45, 7) is 5.12. The van der Waals surface area contributed by atoms with Gasteiger partial charge in [0.1, 0.15) is 0 Å². The fourth-order valence-electron chi connectivity index (χ4n) is 2.01. The first-order valence-electron chi connectivity index (χ1n) is 3.89. The molecule has 0 aromatic heterocycles. The normalized spacial score (nSPS) is 50.7. The Kier molecular flexibility index (Phi) is 0.963. The third-order valence-corrected chi connectivity index (χ3v) is 3.13. The first kappa shape index (κ1) is 5.72. The van der Waals surface area contributed by atoms with Crippen molar-refractivity contribution in [1.82, 2.24) is 4.90 Å². The predicted octanol–water partition coefficient (Wildman–Crippen LogP) is 1.35. The largest absolute Gasteiger partial charge is 0.306 e. The molecule has 0 N–H and O–H groups in total. The molecule has 2 aliphatic rings. The van der Waals surface area contributed by atoms with Gasteiger partial charge in [0.15, 0.2) is 0 Å². The van der Waals surface area contributed by atoms with Crippen LogP contribution in [0.1, 0.15) is 19.8 Å². The summed E-state index contributed by atoms with van der Waals surface area (Å²) >= 11 is 0. The van der Waals surface area contributed by atoms with Gasteiger partial charge in [-0.2, -0.15) is 0 Å². The predicted molar refractivity (Wildman–Crippen MR) is 38.3 cm³/mol. The topological polar surface area (TPSA) is 3.24 Å². The summed E-state index contributed by atoms with van der Waals surface area (Å²) in [6, 6.07) is 0. The van der Waals surface area contributed by atoms with E-state index in [9.17, 15) is 0 Å². The molecule has 0 bridgehead atoms. The Morgan fingerprint density at radius 1 is 1.56 bits per heavy atom. The van der Waals surface area contributed by atoms with Gasteiger partial charge in [0, 0.05) is 6.54 Å². The second-order valence-electron chi connectivity index (χ2n) is 4.07. The number of fused-ring (bicyclic) bond motifs is 1. The fraction of sp³-hybridized carbons (Fsp3) is 1.00. The number of nitrogens with zero attached hydrogens (tertiary/aromatic N) is 1. The Bertz CT molecular complexity index is 133. The molecule has 0 amide bonds. The van der Waals surface area contributed by atoms with Gasteiger partial charge in [-0.15, -0.1) is 0 Å². The van der Waals surface area contributed by atoms with E-state index >= 15 is 0 Å². The van der Waals surface area contributed by atoms with Crippen LogP contribution in [0.2, 0.25) is 0 Å². The third kappa shape index (κ3) is 0.787. The minimum Gasteiger partial charge on any atom is -0.306 e. The molecule has 1 saturated carbocycles. The van der Waals surface area contributed by atoms with E-state index in [4.69, 9.17) is 0 Å². The molecule has 1 aliphatic carbocycles. The molecule has 1 heterocycles. The summed E-state index contributed by atoms with van der Waals surface area (Å²) in [5, 5.41) is 0. The van der Waals surface area contributed by atoms with Gasteiger partial charge >= 0.3 is 0 Å². The Hall–Kier alpha value is -0.0400. The first-order valence-corrected chi connectivity index (χ1v) is 3.89. The quantitative estimate of drug-likeness (QED) is 0.472.